The van der Waals surface area contributed by atoms with Gasteiger partial charge in [-0.1, -0.05) is 30.3 Å². The van der Waals surface area contributed by atoms with E-state index in [-0.39, 0.29) is 171 Å². The summed E-state index contributed by atoms with van der Waals surface area (Å²) in [4.78, 5) is 30.3. The molecule has 0 saturated carbocycles. The molecule has 0 aromatic heterocycles. The molecule has 0 spiro atoms. The Hall–Kier alpha value is 1.92. The third-order valence-corrected chi connectivity index (χ3v) is 2.25. The zero-order valence-electron chi connectivity index (χ0n) is 13.7. The number of aromatic carboxylic acids is 2. The van der Waals surface area contributed by atoms with Gasteiger partial charge in [0.15, 0.2) is 0 Å². The first-order valence-corrected chi connectivity index (χ1v) is 5.50. The first kappa shape index (κ1) is 33.5. The van der Waals surface area contributed by atoms with Crippen molar-refractivity contribution in [3.05, 3.63) is 71.3 Å². The summed E-state index contributed by atoms with van der Waals surface area (Å²) in [6, 6.07) is 13.4. The van der Waals surface area contributed by atoms with Crippen LogP contribution in [-0.4, -0.2) is 23.7 Å². The van der Waals surface area contributed by atoms with E-state index in [1.165, 1.54) is 36.4 Å². The second kappa shape index (κ2) is 19.7. The number of carboxylic acid groups (broad SMARTS) is 2. The molecule has 0 saturated heterocycles. The van der Waals surface area contributed by atoms with E-state index < -0.39 is 11.9 Å². The molecule has 0 aliphatic rings. The Morgan fingerprint density at radius 3 is 1.38 bits per heavy atom. The SMILES string of the molecule is O=C([O-])c1ccccc1.O=[C-]c1ccc(C(=O)[O-])cc1.[K+].[K+].[K+].[OH-]. The summed E-state index contributed by atoms with van der Waals surface area (Å²) in [5.74, 6) is -2.38. The molecule has 0 amide bonds. The van der Waals surface area contributed by atoms with Gasteiger partial charge in [0, 0.05) is 0 Å². The maximum absolute atomic E-state index is 10.2. The monoisotopic (exact) mass is 403 g/mol. The smallest absolute Gasteiger partial charge is 0.870 e. The number of carboxylic acids is 2. The van der Waals surface area contributed by atoms with Crippen LogP contribution in [0.15, 0.2) is 54.6 Å². The van der Waals surface area contributed by atoms with Crippen LogP contribution in [0.4, 0.5) is 0 Å². The van der Waals surface area contributed by atoms with Crippen molar-refractivity contribution in [1.29, 1.82) is 0 Å². The van der Waals surface area contributed by atoms with E-state index in [1.807, 2.05) is 0 Å². The largest absolute Gasteiger partial charge is 1.00 e. The molecule has 1 N–H and O–H groups in total. The van der Waals surface area contributed by atoms with Gasteiger partial charge in [0.1, 0.15) is 0 Å². The fourth-order valence-electron chi connectivity index (χ4n) is 1.25. The van der Waals surface area contributed by atoms with Crippen LogP contribution in [0.25, 0.3) is 0 Å². The molecule has 0 unspecified atom stereocenters. The van der Waals surface area contributed by atoms with E-state index in [0.29, 0.717) is 5.56 Å². The number of rotatable bonds is 3. The quantitative estimate of drug-likeness (QED) is 0.370. The maximum Gasteiger partial charge on any atom is 1.00 e. The summed E-state index contributed by atoms with van der Waals surface area (Å²) in [6.07, 6.45) is 1.63. The summed E-state index contributed by atoms with van der Waals surface area (Å²) in [7, 11) is 0. The molecule has 0 bridgehead atoms. The van der Waals surface area contributed by atoms with Gasteiger partial charge >= 0.3 is 154 Å². The molecule has 2 aromatic rings. The summed E-state index contributed by atoms with van der Waals surface area (Å²) >= 11 is 0. The third-order valence-electron chi connectivity index (χ3n) is 2.25. The molecule has 6 nitrogen and oxygen atoms in total. The zero-order chi connectivity index (χ0) is 15.0. The van der Waals surface area contributed by atoms with Gasteiger partial charge in [-0.25, -0.2) is 0 Å². The van der Waals surface area contributed by atoms with Crippen molar-refractivity contribution in [2.45, 2.75) is 0 Å². The van der Waals surface area contributed by atoms with Gasteiger partial charge in [-0.15, -0.1) is 12.1 Å². The Bertz CT molecular complexity index is 602. The Balaban J connectivity index is -0.000000145. The fourth-order valence-corrected chi connectivity index (χ4v) is 1.25. The van der Waals surface area contributed by atoms with Crippen molar-refractivity contribution < 1.29 is 184 Å². The van der Waals surface area contributed by atoms with Gasteiger partial charge in [-0.3, -0.25) is 0 Å². The number of carbonyl (C=O) groups excluding carboxylic acids is 3. The third kappa shape index (κ3) is 14.0. The number of carbonyl (C=O) groups is 2. The maximum atomic E-state index is 10.2. The number of benzene rings is 2. The molecular formula is C15H10K3O6-. The van der Waals surface area contributed by atoms with Crippen molar-refractivity contribution in [2.75, 3.05) is 0 Å². The predicted molar refractivity (Wildman–Crippen MR) is 68.3 cm³/mol. The Morgan fingerprint density at radius 1 is 0.708 bits per heavy atom. The second-order valence-electron chi connectivity index (χ2n) is 3.62. The van der Waals surface area contributed by atoms with Crippen LogP contribution in [0.5, 0.6) is 0 Å². The molecule has 9 heteroatoms. The minimum Gasteiger partial charge on any atom is -0.870 e. The Labute approximate surface area is 267 Å². The van der Waals surface area contributed by atoms with E-state index >= 15 is 0 Å². The topological polar surface area (TPSA) is 127 Å². The molecule has 24 heavy (non-hydrogen) atoms. The van der Waals surface area contributed by atoms with Crippen LogP contribution in [0.2, 0.25) is 0 Å². The van der Waals surface area contributed by atoms with Gasteiger partial charge < -0.3 is 30.1 Å². The van der Waals surface area contributed by atoms with Crippen molar-refractivity contribution >= 4 is 18.2 Å². The summed E-state index contributed by atoms with van der Waals surface area (Å²) in [5.41, 5.74) is 0.608. The van der Waals surface area contributed by atoms with E-state index in [0.717, 1.165) is 0 Å². The van der Waals surface area contributed by atoms with Crippen LogP contribution in [-0.2, 0) is 4.79 Å². The molecule has 0 aliphatic carbocycles. The minimum absolute atomic E-state index is 0. The van der Waals surface area contributed by atoms with Crippen molar-refractivity contribution in [2.24, 2.45) is 0 Å². The van der Waals surface area contributed by atoms with Crippen molar-refractivity contribution in [1.82, 2.24) is 0 Å². The predicted octanol–water partition coefficient (Wildman–Crippen LogP) is -9.61. The summed E-state index contributed by atoms with van der Waals surface area (Å²) in [6.45, 7) is 0. The molecule has 0 atom stereocenters. The standard InChI is InChI=1S/C8H5O3.C7H6O2.3K.H2O/c9-5-6-1-3-7(4-2-6)8(10)11;8-7(9)6-4-2-1-3-5-6;;;;/h1-4H,(H,10,11);1-5H,(H,8,9);;;;1H2/q-1;;3*+1;/p-3. The molecule has 0 radical (unpaired) electrons. The average molecular weight is 404 g/mol. The second-order valence-corrected chi connectivity index (χ2v) is 3.62. The van der Waals surface area contributed by atoms with E-state index in [9.17, 15) is 24.6 Å². The zero-order valence-corrected chi connectivity index (χ0v) is 23.1. The first-order chi connectivity index (χ1) is 9.54. The molecular weight excluding hydrogens is 393 g/mol. The van der Waals surface area contributed by atoms with Crippen LogP contribution >= 0.6 is 0 Å². The van der Waals surface area contributed by atoms with E-state index in [4.69, 9.17) is 0 Å². The Morgan fingerprint density at radius 2 is 1.08 bits per heavy atom. The molecule has 2 rings (SSSR count). The van der Waals surface area contributed by atoms with E-state index in [1.54, 1.807) is 24.5 Å². The van der Waals surface area contributed by atoms with Gasteiger partial charge in [0.2, 0.25) is 0 Å². The average Bonchev–Trinajstić information content (AvgIpc) is 2.49. The molecule has 110 valence electrons. The van der Waals surface area contributed by atoms with Crippen molar-refractivity contribution in [3.8, 4) is 0 Å². The van der Waals surface area contributed by atoms with Crippen molar-refractivity contribution in [3.63, 3.8) is 0 Å². The molecule has 0 fully saturated rings. The number of hydrogen-bond acceptors (Lipinski definition) is 6. The Kier molecular flexibility index (Phi) is 27.5. The van der Waals surface area contributed by atoms with Crippen LogP contribution in [0.3, 0.4) is 0 Å². The van der Waals surface area contributed by atoms with Crippen LogP contribution < -0.4 is 164 Å². The normalized spacial score (nSPS) is 7.50. The molecule has 0 aliphatic heterocycles. The van der Waals surface area contributed by atoms with Gasteiger partial charge in [-0.2, -0.15) is 17.7 Å². The minimum atomic E-state index is -1.25. The van der Waals surface area contributed by atoms with E-state index in [2.05, 4.69) is 0 Å². The summed E-state index contributed by atoms with van der Waals surface area (Å²) in [5, 5.41) is 20.3. The van der Waals surface area contributed by atoms with Gasteiger partial charge in [0.05, 0.1) is 18.2 Å². The van der Waals surface area contributed by atoms with Gasteiger partial charge in [-0.05, 0) is 11.1 Å². The van der Waals surface area contributed by atoms with Crippen LogP contribution in [0.1, 0.15) is 26.3 Å². The van der Waals surface area contributed by atoms with Gasteiger partial charge in [0.25, 0.3) is 0 Å². The first-order valence-electron chi connectivity index (χ1n) is 5.50. The van der Waals surface area contributed by atoms with Crippen LogP contribution in [0, 0.1) is 0 Å². The fraction of sp³-hybridized carbons (Fsp3) is 0. The number of hydrogen-bond donors (Lipinski definition) is 0. The molecule has 0 heterocycles. The molecule has 2 aromatic carbocycles. The summed E-state index contributed by atoms with van der Waals surface area (Å²) < 4.78 is 0.